The van der Waals surface area contributed by atoms with Gasteiger partial charge in [-0.2, -0.15) is 0 Å². The molecule has 1 aliphatic rings. The molecule has 4 amide bonds. The maximum absolute atomic E-state index is 12.5. The van der Waals surface area contributed by atoms with Crippen LogP contribution >= 0.6 is 0 Å². The van der Waals surface area contributed by atoms with E-state index in [1.54, 1.807) is 31.2 Å². The summed E-state index contributed by atoms with van der Waals surface area (Å²) in [4.78, 5) is 36.7. The molecule has 0 aliphatic carbocycles. The molecule has 1 aliphatic heterocycles. The molecule has 0 unspecified atom stereocenters. The van der Waals surface area contributed by atoms with E-state index in [1.165, 1.54) is 0 Å². The van der Waals surface area contributed by atoms with Crippen molar-refractivity contribution in [3.8, 4) is 0 Å². The van der Waals surface area contributed by atoms with E-state index in [1.807, 2.05) is 11.5 Å². The summed E-state index contributed by atoms with van der Waals surface area (Å²) in [7, 11) is 0. The monoisotopic (exact) mass is 276 g/mol. The van der Waals surface area contributed by atoms with Gasteiger partial charge in [-0.25, -0.2) is 10.6 Å². The van der Waals surface area contributed by atoms with Gasteiger partial charge in [0.1, 0.15) is 12.1 Å². The van der Waals surface area contributed by atoms with Gasteiger partial charge in [0, 0.05) is 0 Å². The molecule has 0 saturated carbocycles. The number of amides is 4. The van der Waals surface area contributed by atoms with Crippen molar-refractivity contribution in [2.75, 3.05) is 6.54 Å². The fourth-order valence-corrected chi connectivity index (χ4v) is 2.32. The molecule has 0 aromatic heterocycles. The van der Waals surface area contributed by atoms with Crippen molar-refractivity contribution in [1.82, 2.24) is 15.6 Å². The summed E-state index contributed by atoms with van der Waals surface area (Å²) in [6, 6.07) is 8.36. The number of hydrogen-bond acceptors (Lipinski definition) is 4. The van der Waals surface area contributed by atoms with Crippen LogP contribution < -0.4 is 16.6 Å². The third-order valence-electron chi connectivity index (χ3n) is 3.44. The predicted molar refractivity (Wildman–Crippen MR) is 71.0 cm³/mol. The summed E-state index contributed by atoms with van der Waals surface area (Å²) in [6.45, 7) is 1.41. The Bertz CT molecular complexity index is 546. The molecule has 1 aromatic rings. The van der Waals surface area contributed by atoms with Crippen molar-refractivity contribution in [2.24, 2.45) is 5.84 Å². The minimum atomic E-state index is -1.12. The lowest BCUT2D eigenvalue weighted by atomic mass is 9.87. The van der Waals surface area contributed by atoms with Crippen LogP contribution in [0.2, 0.25) is 0 Å². The molecule has 0 radical (unpaired) electrons. The molecule has 7 heteroatoms. The normalized spacial score (nSPS) is 21.8. The standard InChI is InChI=1S/C13H16N4O3/c1-2-13(9-6-4-3-5-7-9)11(19)17(12(20)15-13)8-10(18)16-14/h3-7H,2,8,14H2,1H3,(H,15,20)(H,16,18)/t13-/m1/s1. The average molecular weight is 276 g/mol. The van der Waals surface area contributed by atoms with Gasteiger partial charge in [0.05, 0.1) is 0 Å². The maximum Gasteiger partial charge on any atom is 0.325 e. The lowest BCUT2D eigenvalue weighted by Crippen LogP contribution is -2.45. The molecule has 1 heterocycles. The van der Waals surface area contributed by atoms with Crippen LogP contribution in [-0.2, 0) is 15.1 Å². The van der Waals surface area contributed by atoms with Gasteiger partial charge in [-0.1, -0.05) is 37.3 Å². The summed E-state index contributed by atoms with van der Waals surface area (Å²) in [6.07, 6.45) is 0.391. The predicted octanol–water partition coefficient (Wildman–Crippen LogP) is -0.166. The fraction of sp³-hybridized carbons (Fsp3) is 0.308. The van der Waals surface area contributed by atoms with Gasteiger partial charge in [-0.3, -0.25) is 19.9 Å². The zero-order valence-corrected chi connectivity index (χ0v) is 11.1. The minimum Gasteiger partial charge on any atom is -0.319 e. The van der Waals surface area contributed by atoms with Crippen molar-refractivity contribution in [1.29, 1.82) is 0 Å². The Labute approximate surface area is 116 Å². The van der Waals surface area contributed by atoms with Crippen molar-refractivity contribution in [3.05, 3.63) is 35.9 Å². The minimum absolute atomic E-state index is 0.391. The first-order valence-corrected chi connectivity index (χ1v) is 6.24. The number of hydrazine groups is 1. The number of nitrogens with one attached hydrogen (secondary N) is 2. The summed E-state index contributed by atoms with van der Waals surface area (Å²) in [5.74, 6) is 3.94. The largest absolute Gasteiger partial charge is 0.325 e. The SMILES string of the molecule is CC[C@]1(c2ccccc2)NC(=O)N(CC(=O)NN)C1=O. The van der Waals surface area contributed by atoms with Crippen LogP contribution in [0.1, 0.15) is 18.9 Å². The number of rotatable bonds is 4. The Morgan fingerprint density at radius 3 is 2.55 bits per heavy atom. The lowest BCUT2D eigenvalue weighted by molar-refractivity contribution is -0.135. The van der Waals surface area contributed by atoms with Crippen molar-refractivity contribution in [2.45, 2.75) is 18.9 Å². The number of urea groups is 1. The highest BCUT2D eigenvalue weighted by Gasteiger charge is 2.51. The van der Waals surface area contributed by atoms with Crippen molar-refractivity contribution >= 4 is 17.8 Å². The van der Waals surface area contributed by atoms with Gasteiger partial charge >= 0.3 is 6.03 Å². The molecule has 0 spiro atoms. The second-order valence-electron chi connectivity index (χ2n) is 4.51. The van der Waals surface area contributed by atoms with E-state index in [-0.39, 0.29) is 0 Å². The molecule has 1 aromatic carbocycles. The van der Waals surface area contributed by atoms with Gasteiger partial charge in [0.25, 0.3) is 11.8 Å². The summed E-state index contributed by atoms with van der Waals surface area (Å²) < 4.78 is 0. The van der Waals surface area contributed by atoms with Gasteiger partial charge in [0.2, 0.25) is 0 Å². The Hall–Kier alpha value is -2.41. The van der Waals surface area contributed by atoms with E-state index < -0.39 is 29.9 Å². The van der Waals surface area contributed by atoms with Gasteiger partial charge in [-0.05, 0) is 12.0 Å². The quantitative estimate of drug-likeness (QED) is 0.307. The average Bonchev–Trinajstić information content (AvgIpc) is 2.73. The van der Waals surface area contributed by atoms with E-state index in [2.05, 4.69) is 5.32 Å². The van der Waals surface area contributed by atoms with E-state index >= 15 is 0 Å². The molecule has 2 rings (SSSR count). The van der Waals surface area contributed by atoms with Crippen LogP contribution in [-0.4, -0.2) is 29.3 Å². The molecule has 20 heavy (non-hydrogen) atoms. The van der Waals surface area contributed by atoms with Crippen LogP contribution in [0.15, 0.2) is 30.3 Å². The van der Waals surface area contributed by atoms with Crippen LogP contribution in [0.4, 0.5) is 4.79 Å². The van der Waals surface area contributed by atoms with Crippen LogP contribution in [0.25, 0.3) is 0 Å². The van der Waals surface area contributed by atoms with E-state index in [9.17, 15) is 14.4 Å². The topological polar surface area (TPSA) is 105 Å². The number of nitrogens with two attached hydrogens (primary N) is 1. The zero-order chi connectivity index (χ0) is 14.8. The number of hydrogen-bond donors (Lipinski definition) is 3. The molecule has 106 valence electrons. The number of carbonyl (C=O) groups excluding carboxylic acids is 3. The second kappa shape index (κ2) is 5.30. The molecule has 0 bridgehead atoms. The van der Waals surface area contributed by atoms with E-state index in [0.29, 0.717) is 12.0 Å². The summed E-state index contributed by atoms with van der Waals surface area (Å²) in [5, 5.41) is 2.68. The highest BCUT2D eigenvalue weighted by molar-refractivity contribution is 6.09. The first kappa shape index (κ1) is 14.0. The van der Waals surface area contributed by atoms with Gasteiger partial charge < -0.3 is 5.32 Å². The number of carbonyl (C=O) groups is 3. The first-order chi connectivity index (χ1) is 9.55. The number of benzene rings is 1. The fourth-order valence-electron chi connectivity index (χ4n) is 2.32. The Morgan fingerprint density at radius 1 is 1.35 bits per heavy atom. The molecule has 4 N–H and O–H groups in total. The van der Waals surface area contributed by atoms with Crippen molar-refractivity contribution < 1.29 is 14.4 Å². The molecule has 1 saturated heterocycles. The lowest BCUT2D eigenvalue weighted by Gasteiger charge is -2.25. The van der Waals surface area contributed by atoms with E-state index in [0.717, 1.165) is 4.90 Å². The number of imide groups is 1. The smallest absolute Gasteiger partial charge is 0.319 e. The summed E-state index contributed by atoms with van der Waals surface area (Å²) >= 11 is 0. The van der Waals surface area contributed by atoms with Gasteiger partial charge in [0.15, 0.2) is 0 Å². The highest BCUT2D eigenvalue weighted by atomic mass is 16.2. The van der Waals surface area contributed by atoms with E-state index in [4.69, 9.17) is 5.84 Å². The third-order valence-corrected chi connectivity index (χ3v) is 3.44. The zero-order valence-electron chi connectivity index (χ0n) is 11.1. The highest BCUT2D eigenvalue weighted by Crippen LogP contribution is 2.31. The Kier molecular flexibility index (Phi) is 3.71. The first-order valence-electron chi connectivity index (χ1n) is 6.24. The number of nitrogens with zero attached hydrogens (tertiary/aromatic N) is 1. The molecular formula is C13H16N4O3. The third kappa shape index (κ3) is 2.12. The van der Waals surface area contributed by atoms with Crippen LogP contribution in [0.3, 0.4) is 0 Å². The summed E-state index contributed by atoms with van der Waals surface area (Å²) in [5.41, 5.74) is 1.48. The van der Waals surface area contributed by atoms with Gasteiger partial charge in [-0.15, -0.1) is 0 Å². The molecule has 1 fully saturated rings. The van der Waals surface area contributed by atoms with Crippen LogP contribution in [0, 0.1) is 0 Å². The van der Waals surface area contributed by atoms with Crippen molar-refractivity contribution in [3.63, 3.8) is 0 Å². The molecular weight excluding hydrogens is 260 g/mol. The Balaban J connectivity index is 2.36. The van der Waals surface area contributed by atoms with Crippen LogP contribution in [0.5, 0.6) is 0 Å². The Morgan fingerprint density at radius 2 is 2.00 bits per heavy atom. The molecule has 1 atom stereocenters. The maximum atomic E-state index is 12.5. The molecule has 7 nitrogen and oxygen atoms in total. The second-order valence-corrected chi connectivity index (χ2v) is 4.51.